The van der Waals surface area contributed by atoms with Gasteiger partial charge in [0.05, 0.1) is 18.3 Å². The zero-order valence-corrected chi connectivity index (χ0v) is 15.5. The number of esters is 1. The van der Waals surface area contributed by atoms with Gasteiger partial charge in [-0.1, -0.05) is 19.9 Å². The molecule has 1 aromatic rings. The third-order valence-electron chi connectivity index (χ3n) is 6.35. The highest BCUT2D eigenvalue weighted by molar-refractivity contribution is 6.00. The van der Waals surface area contributed by atoms with Gasteiger partial charge < -0.3 is 14.3 Å². The highest BCUT2D eigenvalue weighted by atomic mass is 16.5. The maximum atomic E-state index is 13.0. The zero-order valence-electron chi connectivity index (χ0n) is 15.5. The van der Waals surface area contributed by atoms with Gasteiger partial charge in [0.15, 0.2) is 5.76 Å². The van der Waals surface area contributed by atoms with Crippen LogP contribution in [0.1, 0.15) is 68.3 Å². The summed E-state index contributed by atoms with van der Waals surface area (Å²) >= 11 is 0. The molecule has 5 nitrogen and oxygen atoms in total. The van der Waals surface area contributed by atoms with Crippen molar-refractivity contribution in [3.8, 4) is 0 Å². The molecule has 0 saturated heterocycles. The molecular formula is C20H26O5. The van der Waals surface area contributed by atoms with Crippen LogP contribution >= 0.6 is 0 Å². The third kappa shape index (κ3) is 2.48. The van der Waals surface area contributed by atoms with Crippen LogP contribution in [0.2, 0.25) is 0 Å². The number of aliphatic hydroxyl groups is 1. The molecule has 0 aromatic carbocycles. The number of carbonyl (C=O) groups is 2. The molecule has 0 bridgehead atoms. The number of hydrogen-bond donors (Lipinski definition) is 1. The summed E-state index contributed by atoms with van der Waals surface area (Å²) in [7, 11) is 0. The summed E-state index contributed by atoms with van der Waals surface area (Å²) in [6.45, 7) is 9.37. The molecule has 136 valence electrons. The Morgan fingerprint density at radius 1 is 1.44 bits per heavy atom. The lowest BCUT2D eigenvalue weighted by Gasteiger charge is -2.53. The molecule has 1 fully saturated rings. The van der Waals surface area contributed by atoms with Gasteiger partial charge in [-0.3, -0.25) is 4.79 Å². The van der Waals surface area contributed by atoms with Crippen molar-refractivity contribution < 1.29 is 23.8 Å². The van der Waals surface area contributed by atoms with E-state index >= 15 is 0 Å². The van der Waals surface area contributed by atoms with Crippen molar-refractivity contribution in [1.29, 1.82) is 0 Å². The van der Waals surface area contributed by atoms with Crippen LogP contribution in [0.4, 0.5) is 0 Å². The lowest BCUT2D eigenvalue weighted by Crippen LogP contribution is -2.55. The van der Waals surface area contributed by atoms with E-state index in [9.17, 15) is 14.7 Å². The zero-order chi connectivity index (χ0) is 18.5. The van der Waals surface area contributed by atoms with Crippen molar-refractivity contribution in [3.05, 3.63) is 34.8 Å². The van der Waals surface area contributed by atoms with Crippen molar-refractivity contribution in [2.75, 3.05) is 0 Å². The monoisotopic (exact) mass is 346 g/mol. The van der Waals surface area contributed by atoms with E-state index in [0.717, 1.165) is 12.0 Å². The first-order valence-corrected chi connectivity index (χ1v) is 8.87. The van der Waals surface area contributed by atoms with Crippen LogP contribution in [0.5, 0.6) is 0 Å². The van der Waals surface area contributed by atoms with Gasteiger partial charge in [-0.05, 0) is 45.1 Å². The van der Waals surface area contributed by atoms with E-state index in [-0.39, 0.29) is 17.5 Å². The van der Waals surface area contributed by atoms with E-state index in [2.05, 4.69) is 6.92 Å². The maximum Gasteiger partial charge on any atom is 0.334 e. The normalized spacial score (nSPS) is 35.1. The van der Waals surface area contributed by atoms with Crippen LogP contribution in [-0.4, -0.2) is 23.0 Å². The summed E-state index contributed by atoms with van der Waals surface area (Å²) in [5.74, 6) is -0.863. The minimum atomic E-state index is -0.753. The second kappa shape index (κ2) is 6.13. The van der Waals surface area contributed by atoms with Crippen LogP contribution in [-0.2, 0) is 9.53 Å². The molecule has 0 radical (unpaired) electrons. The number of hydrogen-bond acceptors (Lipinski definition) is 5. The molecule has 1 N–H and O–H groups in total. The number of allylic oxidation sites excluding steroid dienone is 1. The van der Waals surface area contributed by atoms with Crippen molar-refractivity contribution in [3.63, 3.8) is 0 Å². The van der Waals surface area contributed by atoms with E-state index in [1.54, 1.807) is 19.9 Å². The van der Waals surface area contributed by atoms with Gasteiger partial charge in [0, 0.05) is 16.6 Å². The molecule has 25 heavy (non-hydrogen) atoms. The Balaban J connectivity index is 2.17. The van der Waals surface area contributed by atoms with E-state index in [4.69, 9.17) is 9.15 Å². The van der Waals surface area contributed by atoms with Crippen LogP contribution in [0.3, 0.4) is 0 Å². The average molecular weight is 346 g/mol. The van der Waals surface area contributed by atoms with Crippen molar-refractivity contribution in [2.24, 2.45) is 17.3 Å². The number of ether oxygens (including phenoxy) is 1. The summed E-state index contributed by atoms with van der Waals surface area (Å²) in [6, 6.07) is 0. The summed E-state index contributed by atoms with van der Waals surface area (Å²) in [5, 5.41) is 10.6. The van der Waals surface area contributed by atoms with Gasteiger partial charge >= 0.3 is 5.97 Å². The Morgan fingerprint density at radius 3 is 2.76 bits per heavy atom. The molecule has 5 heteroatoms. The molecule has 0 aliphatic heterocycles. The highest BCUT2D eigenvalue weighted by Crippen LogP contribution is 2.59. The predicted octanol–water partition coefficient (Wildman–Crippen LogP) is 3.75. The van der Waals surface area contributed by atoms with Crippen LogP contribution in [0.15, 0.2) is 22.3 Å². The van der Waals surface area contributed by atoms with Crippen LogP contribution < -0.4 is 0 Å². The summed E-state index contributed by atoms with van der Waals surface area (Å²) in [4.78, 5) is 25.5. The first-order chi connectivity index (χ1) is 11.7. The fourth-order valence-corrected chi connectivity index (χ4v) is 4.42. The smallest absolute Gasteiger partial charge is 0.334 e. The summed E-state index contributed by atoms with van der Waals surface area (Å²) < 4.78 is 11.4. The fraction of sp³-hybridized carbons (Fsp3) is 0.600. The quantitative estimate of drug-likeness (QED) is 0.652. The van der Waals surface area contributed by atoms with E-state index in [1.165, 1.54) is 6.26 Å². The minimum absolute atomic E-state index is 0.121. The fourth-order valence-electron chi connectivity index (χ4n) is 4.42. The maximum absolute atomic E-state index is 13.0. The summed E-state index contributed by atoms with van der Waals surface area (Å²) in [5.41, 5.74) is 1.30. The number of rotatable bonds is 2. The van der Waals surface area contributed by atoms with Gasteiger partial charge in [0.2, 0.25) is 5.78 Å². The predicted molar refractivity (Wildman–Crippen MR) is 92.0 cm³/mol. The lowest BCUT2D eigenvalue weighted by molar-refractivity contribution is -0.168. The average Bonchev–Trinajstić information content (AvgIpc) is 2.96. The molecular weight excluding hydrogens is 320 g/mol. The lowest BCUT2D eigenvalue weighted by atomic mass is 9.53. The standard InChI is InChI=1S/C20H26O5/c1-6-10(2)19(23)25-18-14-11(3)9-24-17(14)16(22)15-13(21)8-7-12(4)20(15,18)5/h6,9,12-13,15,18,21H,7-8H2,1-5H3. The Labute approximate surface area is 148 Å². The van der Waals surface area contributed by atoms with E-state index < -0.39 is 29.5 Å². The molecule has 2 aliphatic carbocycles. The summed E-state index contributed by atoms with van der Waals surface area (Å²) in [6.07, 6.45) is 3.22. The number of fused-ring (bicyclic) bond motifs is 2. The Bertz CT molecular complexity index is 743. The number of furan rings is 1. The Hall–Kier alpha value is -1.88. The van der Waals surface area contributed by atoms with Gasteiger partial charge in [-0.25, -0.2) is 4.79 Å². The Morgan fingerprint density at radius 2 is 2.12 bits per heavy atom. The van der Waals surface area contributed by atoms with Gasteiger partial charge in [0.1, 0.15) is 6.10 Å². The SMILES string of the molecule is CC=C(C)C(=O)OC1c2c(C)coc2C(=O)C2C(O)CCC(C)C12C. The van der Waals surface area contributed by atoms with Gasteiger partial charge in [-0.15, -0.1) is 0 Å². The number of Topliss-reactive ketones (excluding diaryl/α,β-unsaturated/α-hetero) is 1. The largest absolute Gasteiger partial charge is 0.460 e. The van der Waals surface area contributed by atoms with E-state index in [0.29, 0.717) is 17.6 Å². The number of aliphatic hydroxyl groups excluding tert-OH is 1. The molecule has 5 unspecified atom stereocenters. The molecule has 1 saturated carbocycles. The van der Waals surface area contributed by atoms with Crippen molar-refractivity contribution in [2.45, 2.75) is 59.7 Å². The highest BCUT2D eigenvalue weighted by Gasteiger charge is 2.61. The Kier molecular flexibility index (Phi) is 4.40. The molecule has 1 heterocycles. The molecule has 3 rings (SSSR count). The number of carbonyl (C=O) groups excluding carboxylic acids is 2. The van der Waals surface area contributed by atoms with Gasteiger partial charge in [0.25, 0.3) is 0 Å². The molecule has 5 atom stereocenters. The van der Waals surface area contributed by atoms with Crippen molar-refractivity contribution >= 4 is 11.8 Å². The number of ketones is 1. The number of aryl methyl sites for hydroxylation is 1. The second-order valence-electron chi connectivity index (χ2n) is 7.67. The minimum Gasteiger partial charge on any atom is -0.460 e. The van der Waals surface area contributed by atoms with Crippen molar-refractivity contribution in [1.82, 2.24) is 0 Å². The first-order valence-electron chi connectivity index (χ1n) is 8.87. The second-order valence-corrected chi connectivity index (χ2v) is 7.67. The van der Waals surface area contributed by atoms with Gasteiger partial charge in [-0.2, -0.15) is 0 Å². The van der Waals surface area contributed by atoms with Crippen LogP contribution in [0.25, 0.3) is 0 Å². The third-order valence-corrected chi connectivity index (χ3v) is 6.35. The molecule has 1 aromatic heterocycles. The molecule has 0 spiro atoms. The first kappa shape index (κ1) is 17.9. The van der Waals surface area contributed by atoms with E-state index in [1.807, 2.05) is 13.8 Å². The topological polar surface area (TPSA) is 76.7 Å². The van der Waals surface area contributed by atoms with Crippen LogP contribution in [0, 0.1) is 24.2 Å². The molecule has 0 amide bonds. The molecule has 2 aliphatic rings.